The van der Waals surface area contributed by atoms with Crippen LogP contribution in [0.2, 0.25) is 0 Å². The third kappa shape index (κ3) is 7.06. The first-order valence-electron chi connectivity index (χ1n) is 12.2. The predicted molar refractivity (Wildman–Crippen MR) is 142 cm³/mol. The van der Waals surface area contributed by atoms with Crippen molar-refractivity contribution < 1.29 is 40.4 Å². The van der Waals surface area contributed by atoms with Gasteiger partial charge in [0.15, 0.2) is 0 Å². The highest BCUT2D eigenvalue weighted by Crippen LogP contribution is 2.29. The lowest BCUT2D eigenvalue weighted by atomic mass is 9.93. The van der Waals surface area contributed by atoms with Crippen LogP contribution in [0.1, 0.15) is 17.5 Å². The second-order valence-electron chi connectivity index (χ2n) is 9.29. The van der Waals surface area contributed by atoms with Crippen LogP contribution in [-0.2, 0) is 23.8 Å². The molecular weight excluding hydrogens is 549 g/mol. The van der Waals surface area contributed by atoms with Crippen molar-refractivity contribution in [2.45, 2.75) is 36.6 Å². The molecule has 40 heavy (non-hydrogen) atoms. The van der Waals surface area contributed by atoms with Crippen molar-refractivity contribution in [2.75, 3.05) is 25.2 Å². The van der Waals surface area contributed by atoms with Crippen molar-refractivity contribution in [3.63, 3.8) is 0 Å². The molecule has 0 fully saturated rings. The van der Waals surface area contributed by atoms with Crippen LogP contribution in [-0.4, -0.2) is 63.7 Å². The number of amides is 1. The van der Waals surface area contributed by atoms with Gasteiger partial charge in [-0.25, -0.2) is 0 Å². The third-order valence-electron chi connectivity index (χ3n) is 6.25. The van der Waals surface area contributed by atoms with Crippen LogP contribution in [0, 0.1) is 6.92 Å². The number of nitrogens with zero attached hydrogens (tertiary/aromatic N) is 2. The number of fused-ring (bicyclic) bond motifs is 1. The minimum Gasteiger partial charge on any atom is -0.495 e. The van der Waals surface area contributed by atoms with E-state index in [2.05, 4.69) is 0 Å². The van der Waals surface area contributed by atoms with E-state index in [-0.39, 0.29) is 23.2 Å². The van der Waals surface area contributed by atoms with Gasteiger partial charge in [-0.2, -0.15) is 21.6 Å². The molecule has 1 aliphatic heterocycles. The standard InChI is InChI=1S/C28H27F3N2O6S/c1-18-3-12-24(13-4-18)40(36,37)39-17-22(34)16-38-23-11-7-20-8-14-25(32-26(20)15-23)19-5-9-21(10-6-19)33(2)27(35)28(29,30)31/h3-14,22,26,34H,15-17H2,1-2H3/t22?,26-/m0/s1. The highest BCUT2D eigenvalue weighted by molar-refractivity contribution is 7.86. The Morgan fingerprint density at radius 2 is 1.75 bits per heavy atom. The Morgan fingerprint density at radius 1 is 1.07 bits per heavy atom. The summed E-state index contributed by atoms with van der Waals surface area (Å²) >= 11 is 0. The summed E-state index contributed by atoms with van der Waals surface area (Å²) in [4.78, 5) is 16.7. The normalized spacial score (nSPS) is 17.8. The van der Waals surface area contributed by atoms with Gasteiger partial charge in [-0.3, -0.25) is 14.0 Å². The predicted octanol–water partition coefficient (Wildman–Crippen LogP) is 4.24. The summed E-state index contributed by atoms with van der Waals surface area (Å²) in [6, 6.07) is 11.9. The molecule has 0 aromatic heterocycles. The van der Waals surface area contributed by atoms with Crippen LogP contribution in [0.15, 0.2) is 94.1 Å². The molecule has 2 atom stereocenters. The van der Waals surface area contributed by atoms with Crippen molar-refractivity contribution in [2.24, 2.45) is 4.99 Å². The van der Waals surface area contributed by atoms with Gasteiger partial charge >= 0.3 is 12.1 Å². The number of aliphatic hydroxyl groups excluding tert-OH is 1. The molecule has 1 N–H and O–H groups in total. The smallest absolute Gasteiger partial charge is 0.471 e. The second-order valence-corrected chi connectivity index (χ2v) is 10.9. The number of aliphatic imine (C=N–C) groups is 1. The van der Waals surface area contributed by atoms with E-state index in [1.54, 1.807) is 36.4 Å². The number of rotatable bonds is 9. The Morgan fingerprint density at radius 3 is 2.40 bits per heavy atom. The van der Waals surface area contributed by atoms with Gasteiger partial charge in [-0.15, -0.1) is 0 Å². The molecule has 8 nitrogen and oxygen atoms in total. The first-order valence-corrected chi connectivity index (χ1v) is 13.6. The number of allylic oxidation sites excluding steroid dienone is 3. The van der Waals surface area contributed by atoms with E-state index in [9.17, 15) is 31.5 Å². The number of anilines is 1. The van der Waals surface area contributed by atoms with Crippen LogP contribution in [0.3, 0.4) is 0 Å². The van der Waals surface area contributed by atoms with E-state index in [0.717, 1.165) is 18.2 Å². The molecule has 1 aliphatic carbocycles. The van der Waals surface area contributed by atoms with E-state index in [1.165, 1.54) is 24.3 Å². The number of carbonyl (C=O) groups is 1. The molecule has 0 spiro atoms. The van der Waals surface area contributed by atoms with Gasteiger partial charge in [0.05, 0.1) is 29.0 Å². The Labute approximate surface area is 229 Å². The maximum atomic E-state index is 12.7. The molecule has 2 aromatic rings. The quantitative estimate of drug-likeness (QED) is 0.448. The van der Waals surface area contributed by atoms with Crippen LogP contribution in [0.25, 0.3) is 0 Å². The zero-order valence-corrected chi connectivity index (χ0v) is 22.4. The van der Waals surface area contributed by atoms with E-state index in [1.807, 2.05) is 19.1 Å². The van der Waals surface area contributed by atoms with Crippen LogP contribution in [0.5, 0.6) is 0 Å². The lowest BCUT2D eigenvalue weighted by molar-refractivity contribution is -0.170. The average molecular weight is 577 g/mol. The molecule has 0 bridgehead atoms. The fraction of sp³-hybridized carbons (Fsp3) is 0.286. The Hall–Kier alpha value is -3.74. The van der Waals surface area contributed by atoms with Gasteiger partial charge in [-0.1, -0.05) is 42.0 Å². The number of dihydropyridines is 1. The third-order valence-corrected chi connectivity index (χ3v) is 7.55. The molecule has 1 amide bonds. The minimum atomic E-state index is -4.97. The first kappa shape index (κ1) is 29.2. The lowest BCUT2D eigenvalue weighted by Crippen LogP contribution is -2.38. The summed E-state index contributed by atoms with van der Waals surface area (Å²) in [6.45, 7) is 1.17. The molecule has 212 valence electrons. The van der Waals surface area contributed by atoms with E-state index in [0.29, 0.717) is 28.4 Å². The number of alkyl halides is 3. The maximum Gasteiger partial charge on any atom is 0.471 e. The summed E-state index contributed by atoms with van der Waals surface area (Å²) < 4.78 is 73.4. The van der Waals surface area contributed by atoms with Gasteiger partial charge in [0.1, 0.15) is 12.7 Å². The zero-order valence-electron chi connectivity index (χ0n) is 21.6. The summed E-state index contributed by atoms with van der Waals surface area (Å²) in [5.74, 6) is -1.42. The number of halogens is 3. The summed E-state index contributed by atoms with van der Waals surface area (Å²) in [5, 5.41) is 10.2. The number of ether oxygens (including phenoxy) is 1. The monoisotopic (exact) mass is 576 g/mol. The van der Waals surface area contributed by atoms with Crippen LogP contribution < -0.4 is 4.90 Å². The molecule has 0 saturated carbocycles. The first-order chi connectivity index (χ1) is 18.8. The summed E-state index contributed by atoms with van der Waals surface area (Å²) in [7, 11) is -2.96. The van der Waals surface area contributed by atoms with Crippen LogP contribution in [0.4, 0.5) is 18.9 Å². The van der Waals surface area contributed by atoms with Crippen LogP contribution >= 0.6 is 0 Å². The van der Waals surface area contributed by atoms with Crippen molar-refractivity contribution in [1.82, 2.24) is 0 Å². The number of hydrogen-bond acceptors (Lipinski definition) is 7. The number of aryl methyl sites for hydroxylation is 1. The number of benzene rings is 2. The fourth-order valence-electron chi connectivity index (χ4n) is 3.98. The fourth-order valence-corrected chi connectivity index (χ4v) is 4.92. The van der Waals surface area contributed by atoms with Crippen molar-refractivity contribution >= 4 is 27.4 Å². The molecule has 2 aromatic carbocycles. The number of carbonyl (C=O) groups excluding carboxylic acids is 1. The van der Waals surface area contributed by atoms with Crippen molar-refractivity contribution in [3.05, 3.63) is 95.3 Å². The molecule has 4 rings (SSSR count). The van der Waals surface area contributed by atoms with Crippen molar-refractivity contribution in [1.29, 1.82) is 0 Å². The van der Waals surface area contributed by atoms with Gasteiger partial charge < -0.3 is 14.7 Å². The van der Waals surface area contributed by atoms with E-state index >= 15 is 0 Å². The number of hydrogen-bond donors (Lipinski definition) is 1. The van der Waals surface area contributed by atoms with Gasteiger partial charge in [0.25, 0.3) is 10.1 Å². The van der Waals surface area contributed by atoms with E-state index < -0.39 is 34.9 Å². The highest BCUT2D eigenvalue weighted by Gasteiger charge is 2.41. The maximum absolute atomic E-state index is 12.7. The highest BCUT2D eigenvalue weighted by atomic mass is 32.2. The molecule has 2 aliphatic rings. The second kappa shape index (κ2) is 11.8. The molecule has 0 saturated heterocycles. The minimum absolute atomic E-state index is 0.00523. The average Bonchev–Trinajstić information content (AvgIpc) is 2.93. The van der Waals surface area contributed by atoms with Gasteiger partial charge in [-0.05, 0) is 54.5 Å². The van der Waals surface area contributed by atoms with Crippen molar-refractivity contribution in [3.8, 4) is 0 Å². The zero-order chi connectivity index (χ0) is 29.1. The Kier molecular flexibility index (Phi) is 8.62. The molecule has 0 radical (unpaired) electrons. The number of aliphatic hydroxyl groups is 1. The molecule has 12 heteroatoms. The van der Waals surface area contributed by atoms with Gasteiger partial charge in [0, 0.05) is 19.2 Å². The van der Waals surface area contributed by atoms with Gasteiger partial charge in [0.2, 0.25) is 0 Å². The molecule has 1 heterocycles. The van der Waals surface area contributed by atoms with E-state index in [4.69, 9.17) is 13.9 Å². The molecule has 1 unspecified atom stereocenters. The SMILES string of the molecule is Cc1ccc(S(=O)(=O)OCC(O)COC2=CC=C3C=CC(c4ccc(N(C)C(=O)C(F)(F)F)cc4)=N[C@H]3C2)cc1. The molecular formula is C28H27F3N2O6S. The largest absolute Gasteiger partial charge is 0.495 e. The Balaban J connectivity index is 1.32. The Bertz CT molecular complexity index is 1480. The summed E-state index contributed by atoms with van der Waals surface area (Å²) in [6.07, 6.45) is 1.46. The lowest BCUT2D eigenvalue weighted by Gasteiger charge is -2.25. The topological polar surface area (TPSA) is 106 Å². The summed E-state index contributed by atoms with van der Waals surface area (Å²) in [5.41, 5.74) is 3.19.